The average molecular weight is 170 g/mol. The van der Waals surface area contributed by atoms with E-state index in [4.69, 9.17) is 0 Å². The van der Waals surface area contributed by atoms with Gasteiger partial charge >= 0.3 is 0 Å². The highest BCUT2D eigenvalue weighted by atomic mass is 16.1. The topological polar surface area (TPSA) is 17.1 Å². The molecular weight excluding hydrogens is 148 g/mol. The molecule has 1 heteroatoms. The van der Waals surface area contributed by atoms with Gasteiger partial charge in [-0.25, -0.2) is 0 Å². The highest BCUT2D eigenvalue weighted by molar-refractivity contribution is 5.78. The SMILES string of the molecule is CCCC(C(C)=O)C(CC)CC. The van der Waals surface area contributed by atoms with Gasteiger partial charge in [-0.2, -0.15) is 0 Å². The predicted molar refractivity (Wildman–Crippen MR) is 53.2 cm³/mol. The van der Waals surface area contributed by atoms with Crippen molar-refractivity contribution in [2.45, 2.75) is 53.4 Å². The Bertz CT molecular complexity index is 125. The maximum absolute atomic E-state index is 11.3. The molecule has 0 aromatic rings. The van der Waals surface area contributed by atoms with Gasteiger partial charge in [-0.3, -0.25) is 4.79 Å². The molecule has 0 rings (SSSR count). The monoisotopic (exact) mass is 170 g/mol. The summed E-state index contributed by atoms with van der Waals surface area (Å²) in [5, 5.41) is 0. The Morgan fingerprint density at radius 3 is 1.92 bits per heavy atom. The van der Waals surface area contributed by atoms with Crippen LogP contribution in [0.15, 0.2) is 0 Å². The first-order valence-electron chi connectivity index (χ1n) is 5.17. The van der Waals surface area contributed by atoms with Gasteiger partial charge in [-0.15, -0.1) is 0 Å². The highest BCUT2D eigenvalue weighted by Gasteiger charge is 2.21. The zero-order valence-electron chi connectivity index (χ0n) is 8.89. The van der Waals surface area contributed by atoms with E-state index in [2.05, 4.69) is 20.8 Å². The molecule has 0 saturated heterocycles. The number of carbonyl (C=O) groups excluding carboxylic acids is 1. The fourth-order valence-electron chi connectivity index (χ4n) is 1.94. The number of rotatable bonds is 6. The van der Waals surface area contributed by atoms with Crippen molar-refractivity contribution in [3.63, 3.8) is 0 Å². The normalized spacial score (nSPS) is 13.4. The maximum Gasteiger partial charge on any atom is 0.133 e. The largest absolute Gasteiger partial charge is 0.300 e. The summed E-state index contributed by atoms with van der Waals surface area (Å²) in [6.45, 7) is 8.25. The van der Waals surface area contributed by atoms with Crippen LogP contribution in [0.3, 0.4) is 0 Å². The van der Waals surface area contributed by atoms with E-state index >= 15 is 0 Å². The van der Waals surface area contributed by atoms with Crippen LogP contribution in [-0.4, -0.2) is 5.78 Å². The lowest BCUT2D eigenvalue weighted by Crippen LogP contribution is -2.20. The van der Waals surface area contributed by atoms with Crippen LogP contribution < -0.4 is 0 Å². The van der Waals surface area contributed by atoms with Gasteiger partial charge in [0.1, 0.15) is 5.78 Å². The Morgan fingerprint density at radius 2 is 1.67 bits per heavy atom. The van der Waals surface area contributed by atoms with Crippen LogP contribution in [0.4, 0.5) is 0 Å². The van der Waals surface area contributed by atoms with Crippen molar-refractivity contribution in [2.75, 3.05) is 0 Å². The van der Waals surface area contributed by atoms with Gasteiger partial charge in [0.25, 0.3) is 0 Å². The number of Topliss-reactive ketones (excluding diaryl/α,β-unsaturated/α-hetero) is 1. The van der Waals surface area contributed by atoms with Gasteiger partial charge in [-0.05, 0) is 19.3 Å². The van der Waals surface area contributed by atoms with Gasteiger partial charge in [0.2, 0.25) is 0 Å². The van der Waals surface area contributed by atoms with Crippen molar-refractivity contribution in [1.29, 1.82) is 0 Å². The smallest absolute Gasteiger partial charge is 0.133 e. The Balaban J connectivity index is 4.15. The van der Waals surface area contributed by atoms with Gasteiger partial charge < -0.3 is 0 Å². The summed E-state index contributed by atoms with van der Waals surface area (Å²) in [5.41, 5.74) is 0. The fraction of sp³-hybridized carbons (Fsp3) is 0.909. The lowest BCUT2D eigenvalue weighted by atomic mass is 9.82. The average Bonchev–Trinajstić information content (AvgIpc) is 2.05. The molecule has 0 radical (unpaired) electrons. The number of carbonyl (C=O) groups is 1. The fourth-order valence-corrected chi connectivity index (χ4v) is 1.94. The molecule has 0 aromatic carbocycles. The molecule has 0 aliphatic heterocycles. The predicted octanol–water partition coefficient (Wildman–Crippen LogP) is 3.43. The second-order valence-corrected chi connectivity index (χ2v) is 3.58. The Hall–Kier alpha value is -0.330. The molecule has 0 aliphatic carbocycles. The number of ketones is 1. The van der Waals surface area contributed by atoms with E-state index in [-0.39, 0.29) is 0 Å². The van der Waals surface area contributed by atoms with Crippen LogP contribution >= 0.6 is 0 Å². The van der Waals surface area contributed by atoms with Crippen molar-refractivity contribution in [2.24, 2.45) is 11.8 Å². The number of hydrogen-bond acceptors (Lipinski definition) is 1. The minimum absolute atomic E-state index is 0.324. The van der Waals surface area contributed by atoms with Crippen LogP contribution in [-0.2, 0) is 4.79 Å². The van der Waals surface area contributed by atoms with E-state index in [1.807, 2.05) is 0 Å². The summed E-state index contributed by atoms with van der Waals surface area (Å²) >= 11 is 0. The maximum atomic E-state index is 11.3. The lowest BCUT2D eigenvalue weighted by molar-refractivity contribution is -0.122. The molecule has 0 aromatic heterocycles. The third-order valence-electron chi connectivity index (χ3n) is 2.74. The molecule has 0 aliphatic rings. The second kappa shape index (κ2) is 6.22. The van der Waals surface area contributed by atoms with E-state index in [0.717, 1.165) is 25.7 Å². The van der Waals surface area contributed by atoms with E-state index in [1.165, 1.54) is 0 Å². The quantitative estimate of drug-likeness (QED) is 0.597. The van der Waals surface area contributed by atoms with Crippen molar-refractivity contribution in [3.8, 4) is 0 Å². The van der Waals surface area contributed by atoms with Crippen molar-refractivity contribution < 1.29 is 4.79 Å². The van der Waals surface area contributed by atoms with Crippen molar-refractivity contribution in [1.82, 2.24) is 0 Å². The molecule has 1 atom stereocenters. The van der Waals surface area contributed by atoms with Gasteiger partial charge in [0, 0.05) is 5.92 Å². The molecular formula is C11H22O. The summed E-state index contributed by atoms with van der Waals surface area (Å²) in [5.74, 6) is 1.32. The van der Waals surface area contributed by atoms with Crippen LogP contribution in [0.1, 0.15) is 53.4 Å². The third-order valence-corrected chi connectivity index (χ3v) is 2.74. The summed E-state index contributed by atoms with van der Waals surface area (Å²) in [6, 6.07) is 0. The number of hydrogen-bond donors (Lipinski definition) is 0. The summed E-state index contributed by atoms with van der Waals surface area (Å²) in [6.07, 6.45) is 4.48. The van der Waals surface area contributed by atoms with Crippen LogP contribution in [0, 0.1) is 11.8 Å². The van der Waals surface area contributed by atoms with Gasteiger partial charge in [-0.1, -0.05) is 40.0 Å². The Morgan fingerprint density at radius 1 is 1.17 bits per heavy atom. The summed E-state index contributed by atoms with van der Waals surface area (Å²) < 4.78 is 0. The molecule has 12 heavy (non-hydrogen) atoms. The third kappa shape index (κ3) is 3.38. The van der Waals surface area contributed by atoms with Crippen molar-refractivity contribution >= 4 is 5.78 Å². The molecule has 0 N–H and O–H groups in total. The molecule has 72 valence electrons. The molecule has 0 fully saturated rings. The minimum atomic E-state index is 0.324. The molecule has 0 spiro atoms. The van der Waals surface area contributed by atoms with Crippen LogP contribution in [0.25, 0.3) is 0 Å². The first-order valence-corrected chi connectivity index (χ1v) is 5.17. The Labute approximate surface area is 76.6 Å². The first-order chi connectivity index (χ1) is 5.67. The zero-order chi connectivity index (χ0) is 9.56. The van der Waals surface area contributed by atoms with Crippen LogP contribution in [0.5, 0.6) is 0 Å². The van der Waals surface area contributed by atoms with Crippen LogP contribution in [0.2, 0.25) is 0 Å². The van der Waals surface area contributed by atoms with Gasteiger partial charge in [0.15, 0.2) is 0 Å². The molecule has 1 nitrogen and oxygen atoms in total. The Kier molecular flexibility index (Phi) is 6.04. The van der Waals surface area contributed by atoms with Gasteiger partial charge in [0.05, 0.1) is 0 Å². The van der Waals surface area contributed by atoms with E-state index in [0.29, 0.717) is 17.6 Å². The summed E-state index contributed by atoms with van der Waals surface area (Å²) in [7, 11) is 0. The van der Waals surface area contributed by atoms with E-state index < -0.39 is 0 Å². The zero-order valence-corrected chi connectivity index (χ0v) is 8.89. The lowest BCUT2D eigenvalue weighted by Gasteiger charge is -2.22. The molecule has 0 amide bonds. The van der Waals surface area contributed by atoms with E-state index in [9.17, 15) is 4.79 Å². The highest BCUT2D eigenvalue weighted by Crippen LogP contribution is 2.24. The molecule has 1 unspecified atom stereocenters. The minimum Gasteiger partial charge on any atom is -0.300 e. The molecule has 0 heterocycles. The molecule has 0 bridgehead atoms. The van der Waals surface area contributed by atoms with Crippen molar-refractivity contribution in [3.05, 3.63) is 0 Å². The molecule has 0 saturated carbocycles. The standard InChI is InChI=1S/C11H22O/c1-5-8-11(9(4)12)10(6-2)7-3/h10-11H,5-8H2,1-4H3. The van der Waals surface area contributed by atoms with E-state index in [1.54, 1.807) is 6.92 Å². The summed E-state index contributed by atoms with van der Waals surface area (Å²) in [4.78, 5) is 11.3. The second-order valence-electron chi connectivity index (χ2n) is 3.58. The first kappa shape index (κ1) is 11.7.